The Morgan fingerprint density at radius 3 is 2.41 bits per heavy atom. The summed E-state index contributed by atoms with van der Waals surface area (Å²) in [5.41, 5.74) is 6.39. The van der Waals surface area contributed by atoms with Crippen molar-refractivity contribution < 1.29 is 13.6 Å². The molecule has 4 aromatic rings. The number of fused-ring (bicyclic) bond motifs is 1. The molecule has 0 amide bonds. The van der Waals surface area contributed by atoms with Crippen LogP contribution in [0.25, 0.3) is 22.0 Å². The van der Waals surface area contributed by atoms with Gasteiger partial charge in [0.25, 0.3) is 5.92 Å². The van der Waals surface area contributed by atoms with E-state index in [2.05, 4.69) is 10.3 Å². The zero-order valence-electron chi connectivity index (χ0n) is 21.4. The number of alkyl halides is 2. The van der Waals surface area contributed by atoms with Crippen LogP contribution in [0.1, 0.15) is 40.7 Å². The molecular weight excluding hydrogens is 539 g/mol. The third kappa shape index (κ3) is 5.51. The molecule has 39 heavy (non-hydrogen) atoms. The highest BCUT2D eigenvalue weighted by Crippen LogP contribution is 2.39. The molecule has 0 atom stereocenters. The van der Waals surface area contributed by atoms with Crippen molar-refractivity contribution in [3.63, 3.8) is 0 Å². The van der Waals surface area contributed by atoms with Crippen molar-refractivity contribution in [3.05, 3.63) is 87.5 Å². The first-order valence-electron chi connectivity index (χ1n) is 13.1. The van der Waals surface area contributed by atoms with E-state index in [-0.39, 0.29) is 24.7 Å². The zero-order valence-corrected chi connectivity index (χ0v) is 22.9. The highest BCUT2D eigenvalue weighted by Gasteiger charge is 2.38. The van der Waals surface area contributed by atoms with Gasteiger partial charge in [-0.15, -0.1) is 0 Å². The second-order valence-corrected chi connectivity index (χ2v) is 11.4. The van der Waals surface area contributed by atoms with Gasteiger partial charge >= 0.3 is 0 Å². The summed E-state index contributed by atoms with van der Waals surface area (Å²) >= 11 is 12.8. The Balaban J connectivity index is 1.36. The highest BCUT2D eigenvalue weighted by molar-refractivity contribution is 6.36. The molecule has 6 rings (SSSR count). The molecule has 1 N–H and O–H groups in total. The minimum atomic E-state index is -2.61. The average Bonchev–Trinajstić information content (AvgIpc) is 3.71. The van der Waals surface area contributed by atoms with Crippen LogP contribution in [0.4, 0.5) is 20.2 Å². The zero-order chi connectivity index (χ0) is 27.3. The van der Waals surface area contributed by atoms with Gasteiger partial charge in [-0.2, -0.15) is 0 Å². The van der Waals surface area contributed by atoms with Gasteiger partial charge in [-0.25, -0.2) is 8.78 Å². The summed E-state index contributed by atoms with van der Waals surface area (Å²) in [5, 5.41) is 5.47. The molecule has 2 aliphatic rings. The summed E-state index contributed by atoms with van der Waals surface area (Å²) in [4.78, 5) is 19.6. The molecule has 2 heterocycles. The van der Waals surface area contributed by atoms with E-state index in [1.54, 1.807) is 11.1 Å². The number of carbonyl (C=O) groups excluding carboxylic acids is 1. The van der Waals surface area contributed by atoms with Crippen molar-refractivity contribution in [2.75, 3.05) is 18.4 Å². The molecule has 0 spiro atoms. The number of nitrogens with zero attached hydrogens (tertiary/aromatic N) is 2. The summed E-state index contributed by atoms with van der Waals surface area (Å²) in [6.45, 7) is 2.54. The van der Waals surface area contributed by atoms with Crippen LogP contribution in [-0.4, -0.2) is 34.7 Å². The number of benzene rings is 3. The lowest BCUT2D eigenvalue weighted by atomic mass is 9.98. The van der Waals surface area contributed by atoms with Crippen LogP contribution in [0.15, 0.2) is 60.8 Å². The fourth-order valence-electron chi connectivity index (χ4n) is 5.11. The van der Waals surface area contributed by atoms with E-state index in [4.69, 9.17) is 23.2 Å². The third-order valence-corrected chi connectivity index (χ3v) is 8.36. The number of halogens is 4. The Hall–Kier alpha value is -3.06. The number of aromatic nitrogens is 1. The Kier molecular flexibility index (Phi) is 6.82. The van der Waals surface area contributed by atoms with Crippen molar-refractivity contribution >= 4 is 51.3 Å². The van der Waals surface area contributed by atoms with Gasteiger partial charge in [-0.1, -0.05) is 41.4 Å². The van der Waals surface area contributed by atoms with Crippen LogP contribution in [0.2, 0.25) is 10.0 Å². The van der Waals surface area contributed by atoms with Crippen LogP contribution in [0.5, 0.6) is 0 Å². The largest absolute Gasteiger partial charge is 0.354 e. The number of Topliss-reactive ketones (excluding diaryl/α,β-unsaturated/α-hetero) is 1. The van der Waals surface area contributed by atoms with Crippen LogP contribution >= 0.6 is 23.2 Å². The molecule has 0 unspecified atom stereocenters. The van der Waals surface area contributed by atoms with E-state index in [9.17, 15) is 13.6 Å². The number of rotatable bonds is 7. The molecule has 1 aliphatic carbocycles. The van der Waals surface area contributed by atoms with Crippen LogP contribution in [0.3, 0.4) is 0 Å². The maximum atomic E-state index is 13.6. The van der Waals surface area contributed by atoms with Gasteiger partial charge < -0.3 is 5.32 Å². The van der Waals surface area contributed by atoms with Crippen molar-refractivity contribution in [1.82, 2.24) is 9.88 Å². The summed E-state index contributed by atoms with van der Waals surface area (Å²) in [5.74, 6) is -2.49. The average molecular weight is 566 g/mol. The van der Waals surface area contributed by atoms with Gasteiger partial charge in [-0.3, -0.25) is 14.7 Å². The first kappa shape index (κ1) is 26.2. The van der Waals surface area contributed by atoms with Gasteiger partial charge in [-0.05, 0) is 78.4 Å². The maximum absolute atomic E-state index is 13.6. The van der Waals surface area contributed by atoms with Gasteiger partial charge in [0.15, 0.2) is 5.78 Å². The number of ketones is 1. The second-order valence-electron chi connectivity index (χ2n) is 10.6. The molecule has 1 saturated carbocycles. The third-order valence-electron chi connectivity index (χ3n) is 7.57. The van der Waals surface area contributed by atoms with Gasteiger partial charge in [0.2, 0.25) is 0 Å². The van der Waals surface area contributed by atoms with E-state index in [1.165, 1.54) is 0 Å². The Morgan fingerprint density at radius 2 is 1.77 bits per heavy atom. The predicted octanol–water partition coefficient (Wildman–Crippen LogP) is 8.69. The van der Waals surface area contributed by atoms with Crippen LogP contribution in [0, 0.1) is 12.8 Å². The number of likely N-dealkylation sites (tertiary alicyclic amines) is 1. The van der Waals surface area contributed by atoms with Crippen molar-refractivity contribution in [2.24, 2.45) is 5.92 Å². The molecule has 1 aliphatic heterocycles. The standard InChI is InChI=1S/C31H27Cl2F2N3O/c1-18-26(32)13-22(14-27(18)33)21-6-9-28-24(12-21)29(25(15-36-28)30(39)20-4-5-20)37-23-7-2-19(3-8-23)16-38-11-10-31(34,35)17-38/h2-3,6-9,12-15,20H,4-5,10-11,16-17H2,1H3,(H,36,37). The van der Waals surface area contributed by atoms with Crippen LogP contribution in [-0.2, 0) is 6.54 Å². The Morgan fingerprint density at radius 1 is 1.05 bits per heavy atom. The van der Waals surface area contributed by atoms with E-state index in [0.717, 1.165) is 51.7 Å². The molecule has 1 aromatic heterocycles. The quantitative estimate of drug-likeness (QED) is 0.227. The normalized spacial score (nSPS) is 17.1. The fourth-order valence-corrected chi connectivity index (χ4v) is 5.60. The number of anilines is 2. The number of hydrogen-bond acceptors (Lipinski definition) is 4. The molecule has 0 radical (unpaired) electrons. The first-order chi connectivity index (χ1) is 18.7. The molecule has 8 heteroatoms. The van der Waals surface area contributed by atoms with E-state index in [1.807, 2.05) is 61.5 Å². The number of carbonyl (C=O) groups is 1. The van der Waals surface area contributed by atoms with Crippen molar-refractivity contribution in [1.29, 1.82) is 0 Å². The lowest BCUT2D eigenvalue weighted by molar-refractivity contribution is 0.0115. The van der Waals surface area contributed by atoms with Crippen LogP contribution < -0.4 is 5.32 Å². The maximum Gasteiger partial charge on any atom is 0.261 e. The molecule has 1 saturated heterocycles. The fraction of sp³-hybridized carbons (Fsp3) is 0.290. The summed E-state index contributed by atoms with van der Waals surface area (Å²) in [6.07, 6.45) is 3.34. The highest BCUT2D eigenvalue weighted by atomic mass is 35.5. The Labute approximate surface area is 235 Å². The number of pyridine rings is 1. The van der Waals surface area contributed by atoms with E-state index < -0.39 is 5.92 Å². The summed E-state index contributed by atoms with van der Waals surface area (Å²) in [6, 6.07) is 17.4. The lowest BCUT2D eigenvalue weighted by Gasteiger charge is -2.17. The van der Waals surface area contributed by atoms with Gasteiger partial charge in [0, 0.05) is 52.7 Å². The summed E-state index contributed by atoms with van der Waals surface area (Å²) in [7, 11) is 0. The molecule has 200 valence electrons. The predicted molar refractivity (Wildman–Crippen MR) is 154 cm³/mol. The van der Waals surface area contributed by atoms with E-state index in [0.29, 0.717) is 34.4 Å². The molecule has 3 aromatic carbocycles. The van der Waals surface area contributed by atoms with Crippen molar-refractivity contribution in [2.45, 2.75) is 38.7 Å². The lowest BCUT2D eigenvalue weighted by Crippen LogP contribution is -2.24. The van der Waals surface area contributed by atoms with E-state index >= 15 is 0 Å². The summed E-state index contributed by atoms with van der Waals surface area (Å²) < 4.78 is 27.2. The molecular formula is C31H27Cl2F2N3O. The molecule has 0 bridgehead atoms. The minimum absolute atomic E-state index is 0.0312. The molecule has 2 fully saturated rings. The number of nitrogens with one attached hydrogen (secondary N) is 1. The van der Waals surface area contributed by atoms with Crippen molar-refractivity contribution in [3.8, 4) is 11.1 Å². The monoisotopic (exact) mass is 565 g/mol. The first-order valence-corrected chi connectivity index (χ1v) is 13.8. The van der Waals surface area contributed by atoms with Gasteiger partial charge in [0.05, 0.1) is 23.3 Å². The second kappa shape index (κ2) is 10.2. The minimum Gasteiger partial charge on any atom is -0.354 e. The number of hydrogen-bond donors (Lipinski definition) is 1. The van der Waals surface area contributed by atoms with Gasteiger partial charge in [0.1, 0.15) is 0 Å². The Bertz CT molecular complexity index is 1560. The smallest absolute Gasteiger partial charge is 0.261 e. The molecule has 4 nitrogen and oxygen atoms in total. The SMILES string of the molecule is Cc1c(Cl)cc(-c2ccc3ncc(C(=O)C4CC4)c(Nc4ccc(CN5CCC(F)(F)C5)cc4)c3c2)cc1Cl. The topological polar surface area (TPSA) is 45.2 Å².